The first kappa shape index (κ1) is 27.6. The fourth-order valence-corrected chi connectivity index (χ4v) is 4.03. The Balaban J connectivity index is 1.80. The van der Waals surface area contributed by atoms with Gasteiger partial charge in [-0.2, -0.15) is 5.10 Å². The lowest BCUT2D eigenvalue weighted by Crippen LogP contribution is -2.31. The van der Waals surface area contributed by atoms with Crippen LogP contribution in [0.2, 0.25) is 0 Å². The average Bonchev–Trinajstić information content (AvgIpc) is 3.29. The molecule has 3 aromatic heterocycles. The molecule has 0 amide bonds. The van der Waals surface area contributed by atoms with E-state index in [-0.39, 0.29) is 30.4 Å². The number of aliphatic imine (C=N–C) groups is 1. The van der Waals surface area contributed by atoms with E-state index in [1.807, 2.05) is 0 Å². The minimum absolute atomic E-state index is 0.0525. The summed E-state index contributed by atoms with van der Waals surface area (Å²) < 4.78 is 35.0. The molecule has 0 fully saturated rings. The molecule has 0 aliphatic rings. The third-order valence-electron chi connectivity index (χ3n) is 6.19. The van der Waals surface area contributed by atoms with Crippen molar-refractivity contribution in [1.29, 1.82) is 5.41 Å². The fraction of sp³-hybridized carbons (Fsp3) is 0.321. The molecule has 0 radical (unpaired) electrons. The fourth-order valence-electron chi connectivity index (χ4n) is 4.03. The van der Waals surface area contributed by atoms with Gasteiger partial charge in [0.1, 0.15) is 5.69 Å². The van der Waals surface area contributed by atoms with Crippen LogP contribution in [-0.2, 0) is 21.5 Å². The van der Waals surface area contributed by atoms with Crippen LogP contribution in [0.5, 0.6) is 0 Å². The van der Waals surface area contributed by atoms with Crippen molar-refractivity contribution in [2.24, 2.45) is 4.99 Å². The number of unbranched alkanes of at least 4 members (excludes halogenated alkanes) is 2. The number of esters is 1. The van der Waals surface area contributed by atoms with E-state index < -0.39 is 23.0 Å². The summed E-state index contributed by atoms with van der Waals surface area (Å²) in [5, 5.41) is 12.4. The molecule has 4 rings (SSSR count). The molecule has 0 aliphatic heterocycles. The summed E-state index contributed by atoms with van der Waals surface area (Å²) in [4.78, 5) is 30.9. The maximum atomic E-state index is 14.4. The smallest absolute Gasteiger partial charge is 0.316 e. The van der Waals surface area contributed by atoms with Crippen LogP contribution in [0, 0.1) is 17.0 Å². The molecule has 39 heavy (non-hydrogen) atoms. The van der Waals surface area contributed by atoms with E-state index in [9.17, 15) is 13.6 Å². The van der Waals surface area contributed by atoms with Gasteiger partial charge in [0.15, 0.2) is 28.9 Å². The minimum Gasteiger partial charge on any atom is -0.465 e. The Morgan fingerprint density at radius 3 is 2.77 bits per heavy atom. The number of carbonyl (C=O) groups excluding carboxylic acids is 1. The van der Waals surface area contributed by atoms with Gasteiger partial charge in [0, 0.05) is 29.7 Å². The molecule has 202 valence electrons. The van der Waals surface area contributed by atoms with Crippen LogP contribution in [0.15, 0.2) is 47.7 Å². The number of hydrogen-bond acceptors (Lipinski definition) is 8. The van der Waals surface area contributed by atoms with Gasteiger partial charge in [0.2, 0.25) is 0 Å². The molecule has 4 aromatic rings. The van der Waals surface area contributed by atoms with Gasteiger partial charge >= 0.3 is 5.97 Å². The van der Waals surface area contributed by atoms with E-state index in [1.165, 1.54) is 29.2 Å². The van der Waals surface area contributed by atoms with Gasteiger partial charge in [-0.25, -0.2) is 33.4 Å². The lowest BCUT2D eigenvalue weighted by molar-refractivity contribution is -0.148. The standard InChI is InChI=1S/C28H29F2N7O2/c1-4-39-27(38)28(2,3)20-16-34-25(35-24(20)32-14-7-5-6-13-31)23-19-11-9-15-33-26(19)37(36-23)17-18-10-8-12-21(29)22(18)30/h8-16,31H,4-7,17H2,1-3H3. The maximum absolute atomic E-state index is 14.4. The number of nitrogens with one attached hydrogen (secondary N) is 1. The van der Waals surface area contributed by atoms with Gasteiger partial charge in [-0.15, -0.1) is 0 Å². The van der Waals surface area contributed by atoms with Crippen molar-refractivity contribution in [3.8, 4) is 11.5 Å². The van der Waals surface area contributed by atoms with Crippen molar-refractivity contribution in [2.45, 2.75) is 52.0 Å². The Labute approximate surface area is 224 Å². The molecule has 0 saturated heterocycles. The van der Waals surface area contributed by atoms with Crippen LogP contribution in [0.1, 0.15) is 51.2 Å². The number of nitrogens with zero attached hydrogens (tertiary/aromatic N) is 6. The van der Waals surface area contributed by atoms with Crippen molar-refractivity contribution in [2.75, 3.05) is 6.61 Å². The van der Waals surface area contributed by atoms with Gasteiger partial charge < -0.3 is 10.1 Å². The number of pyridine rings is 1. The number of carbonyl (C=O) groups is 1. The third-order valence-corrected chi connectivity index (χ3v) is 6.19. The van der Waals surface area contributed by atoms with Crippen molar-refractivity contribution in [3.05, 3.63) is 65.5 Å². The molecule has 9 nitrogen and oxygen atoms in total. The minimum atomic E-state index is -1.08. The normalized spacial score (nSPS) is 11.8. The van der Waals surface area contributed by atoms with E-state index in [0.717, 1.165) is 12.5 Å². The molecule has 0 atom stereocenters. The van der Waals surface area contributed by atoms with Crippen LogP contribution < -0.4 is 0 Å². The first-order chi connectivity index (χ1) is 18.8. The molecule has 1 aromatic carbocycles. The Morgan fingerprint density at radius 1 is 1.18 bits per heavy atom. The first-order valence-corrected chi connectivity index (χ1v) is 12.6. The summed E-state index contributed by atoms with van der Waals surface area (Å²) >= 11 is 0. The second kappa shape index (κ2) is 12.0. The summed E-state index contributed by atoms with van der Waals surface area (Å²) in [6.07, 6.45) is 8.17. The van der Waals surface area contributed by atoms with E-state index in [1.54, 1.807) is 45.3 Å². The summed E-state index contributed by atoms with van der Waals surface area (Å²) in [6.45, 7) is 5.36. The molecule has 0 unspecified atom stereocenters. The van der Waals surface area contributed by atoms with E-state index in [4.69, 9.17) is 10.1 Å². The number of fused-ring (bicyclic) bond motifs is 1. The van der Waals surface area contributed by atoms with Gasteiger partial charge in [0.25, 0.3) is 0 Å². The first-order valence-electron chi connectivity index (χ1n) is 12.6. The predicted molar refractivity (Wildman–Crippen MR) is 144 cm³/mol. The SMILES string of the molecule is CCOC(=O)C(C)(C)c1cnc(-c2nn(Cc3cccc(F)c3F)c3ncccc23)nc1N=CCCCC=N. The summed E-state index contributed by atoms with van der Waals surface area (Å²) in [7, 11) is 0. The molecule has 0 bridgehead atoms. The highest BCUT2D eigenvalue weighted by Crippen LogP contribution is 2.34. The van der Waals surface area contributed by atoms with E-state index in [2.05, 4.69) is 25.0 Å². The number of aromatic nitrogens is 5. The number of ether oxygens (including phenoxy) is 1. The van der Waals surface area contributed by atoms with Crippen LogP contribution in [0.4, 0.5) is 14.6 Å². The van der Waals surface area contributed by atoms with Gasteiger partial charge in [0.05, 0.1) is 24.0 Å². The average molecular weight is 534 g/mol. The van der Waals surface area contributed by atoms with Crippen molar-refractivity contribution >= 4 is 35.2 Å². The second-order valence-electron chi connectivity index (χ2n) is 9.32. The lowest BCUT2D eigenvalue weighted by Gasteiger charge is -2.23. The summed E-state index contributed by atoms with van der Waals surface area (Å²) in [5.41, 5.74) is 0.368. The highest BCUT2D eigenvalue weighted by Gasteiger charge is 2.35. The Hall–Kier alpha value is -4.41. The van der Waals surface area contributed by atoms with Gasteiger partial charge in [-0.3, -0.25) is 4.79 Å². The van der Waals surface area contributed by atoms with Crippen LogP contribution >= 0.6 is 0 Å². The molecule has 0 aliphatic carbocycles. The summed E-state index contributed by atoms with van der Waals surface area (Å²) in [5.74, 6) is -1.79. The largest absolute Gasteiger partial charge is 0.465 e. The Bertz CT molecular complexity index is 1530. The van der Waals surface area contributed by atoms with Crippen LogP contribution in [0.3, 0.4) is 0 Å². The predicted octanol–water partition coefficient (Wildman–Crippen LogP) is 5.58. The number of hydrogen-bond donors (Lipinski definition) is 1. The number of benzene rings is 1. The zero-order valence-electron chi connectivity index (χ0n) is 22.0. The van der Waals surface area contributed by atoms with Gasteiger partial charge in [-0.1, -0.05) is 12.1 Å². The molecule has 3 heterocycles. The highest BCUT2D eigenvalue weighted by molar-refractivity contribution is 5.90. The molecule has 0 spiro atoms. The maximum Gasteiger partial charge on any atom is 0.316 e. The molecular formula is C28H29F2N7O2. The Kier molecular flexibility index (Phi) is 8.48. The van der Waals surface area contributed by atoms with Crippen molar-refractivity contribution < 1.29 is 18.3 Å². The lowest BCUT2D eigenvalue weighted by atomic mass is 9.85. The zero-order valence-corrected chi connectivity index (χ0v) is 22.0. The van der Waals surface area contributed by atoms with Crippen LogP contribution in [-0.4, -0.2) is 49.7 Å². The molecular weight excluding hydrogens is 504 g/mol. The van der Waals surface area contributed by atoms with E-state index in [0.29, 0.717) is 35.1 Å². The highest BCUT2D eigenvalue weighted by atomic mass is 19.2. The quantitative estimate of drug-likeness (QED) is 0.153. The van der Waals surface area contributed by atoms with E-state index >= 15 is 0 Å². The third kappa shape index (κ3) is 5.87. The number of rotatable bonds is 11. The van der Waals surface area contributed by atoms with Crippen molar-refractivity contribution in [1.82, 2.24) is 24.7 Å². The zero-order chi connectivity index (χ0) is 28.0. The molecule has 11 heteroatoms. The monoisotopic (exact) mass is 533 g/mol. The molecule has 1 N–H and O–H groups in total. The van der Waals surface area contributed by atoms with Gasteiger partial charge in [-0.05, 0) is 64.4 Å². The number of halogens is 2. The second-order valence-corrected chi connectivity index (χ2v) is 9.32. The Morgan fingerprint density at radius 2 is 2.00 bits per heavy atom. The topological polar surface area (TPSA) is 119 Å². The molecule has 0 saturated carbocycles. The van der Waals surface area contributed by atoms with Crippen LogP contribution in [0.25, 0.3) is 22.6 Å². The van der Waals surface area contributed by atoms with Crippen molar-refractivity contribution in [3.63, 3.8) is 0 Å². The summed E-state index contributed by atoms with van der Waals surface area (Å²) in [6, 6.07) is 7.52.